The summed E-state index contributed by atoms with van der Waals surface area (Å²) in [5.41, 5.74) is 5.50. The molecular formula is C13H19N5O2. The van der Waals surface area contributed by atoms with Gasteiger partial charge in [0, 0.05) is 19.3 Å². The molecule has 20 heavy (non-hydrogen) atoms. The summed E-state index contributed by atoms with van der Waals surface area (Å²) in [5, 5.41) is 13.0. The highest BCUT2D eigenvalue weighted by Crippen LogP contribution is 2.24. The summed E-state index contributed by atoms with van der Waals surface area (Å²) in [6, 6.07) is 2.02. The van der Waals surface area contributed by atoms with Crippen LogP contribution in [0.15, 0.2) is 6.20 Å². The number of carbonyl (C=O) groups is 1. The summed E-state index contributed by atoms with van der Waals surface area (Å²) in [6.45, 7) is 6.64. The van der Waals surface area contributed by atoms with E-state index in [1.54, 1.807) is 15.8 Å². The summed E-state index contributed by atoms with van der Waals surface area (Å²) in [6.07, 6.45) is 2.07. The molecule has 0 saturated carbocycles. The Hall–Kier alpha value is -2.23. The monoisotopic (exact) mass is 277 g/mol. The summed E-state index contributed by atoms with van der Waals surface area (Å²) in [5.74, 6) is 0.225. The molecule has 1 aliphatic heterocycles. The quantitative estimate of drug-likeness (QED) is 0.839. The SMILES string of the molecule is CC(C)(C)OC(=O)N1CCC(n2cc(C#N)c(N)n2)C1. The molecule has 0 bridgehead atoms. The largest absolute Gasteiger partial charge is 0.444 e. The van der Waals surface area contributed by atoms with Crippen LogP contribution in [0.5, 0.6) is 0 Å². The first-order valence-electron chi connectivity index (χ1n) is 6.53. The lowest BCUT2D eigenvalue weighted by atomic mass is 10.2. The van der Waals surface area contributed by atoms with Crippen molar-refractivity contribution >= 4 is 11.9 Å². The van der Waals surface area contributed by atoms with E-state index in [9.17, 15) is 4.79 Å². The molecule has 0 radical (unpaired) electrons. The van der Waals surface area contributed by atoms with Crippen LogP contribution in [0, 0.1) is 11.3 Å². The maximum Gasteiger partial charge on any atom is 0.410 e. The van der Waals surface area contributed by atoms with Crippen molar-refractivity contribution < 1.29 is 9.53 Å². The molecule has 7 heteroatoms. The first-order chi connectivity index (χ1) is 9.30. The smallest absolute Gasteiger partial charge is 0.410 e. The second kappa shape index (κ2) is 5.04. The number of anilines is 1. The molecule has 0 spiro atoms. The number of nitrogen functional groups attached to an aromatic ring is 1. The van der Waals surface area contributed by atoms with E-state index in [0.29, 0.717) is 18.7 Å². The summed E-state index contributed by atoms with van der Waals surface area (Å²) >= 11 is 0. The third kappa shape index (κ3) is 3.02. The van der Waals surface area contributed by atoms with Crippen molar-refractivity contribution in [1.29, 1.82) is 5.26 Å². The molecule has 2 rings (SSSR count). The van der Waals surface area contributed by atoms with Crippen LogP contribution in [0.2, 0.25) is 0 Å². The average molecular weight is 277 g/mol. The Labute approximate surface area is 117 Å². The van der Waals surface area contributed by atoms with E-state index in [4.69, 9.17) is 15.7 Å². The summed E-state index contributed by atoms with van der Waals surface area (Å²) in [4.78, 5) is 13.6. The normalized spacial score (nSPS) is 18.9. The zero-order valence-electron chi connectivity index (χ0n) is 12.0. The van der Waals surface area contributed by atoms with Gasteiger partial charge in [0.05, 0.1) is 6.04 Å². The lowest BCUT2D eigenvalue weighted by Gasteiger charge is -2.24. The molecule has 0 aliphatic carbocycles. The fourth-order valence-corrected chi connectivity index (χ4v) is 2.13. The Bertz CT molecular complexity index is 552. The number of hydrogen-bond acceptors (Lipinski definition) is 5. The van der Waals surface area contributed by atoms with Gasteiger partial charge in [0.15, 0.2) is 5.82 Å². The van der Waals surface area contributed by atoms with Gasteiger partial charge in [-0.3, -0.25) is 4.68 Å². The highest BCUT2D eigenvalue weighted by Gasteiger charge is 2.31. The molecule has 1 atom stereocenters. The molecule has 1 aromatic rings. The van der Waals surface area contributed by atoms with Crippen LogP contribution >= 0.6 is 0 Å². The number of amides is 1. The highest BCUT2D eigenvalue weighted by molar-refractivity contribution is 5.68. The van der Waals surface area contributed by atoms with Gasteiger partial charge >= 0.3 is 6.09 Å². The van der Waals surface area contributed by atoms with Crippen molar-refractivity contribution in [3.05, 3.63) is 11.8 Å². The van der Waals surface area contributed by atoms with Gasteiger partial charge in [0.25, 0.3) is 0 Å². The minimum Gasteiger partial charge on any atom is -0.444 e. The van der Waals surface area contributed by atoms with Gasteiger partial charge in [-0.15, -0.1) is 0 Å². The van der Waals surface area contributed by atoms with Gasteiger partial charge < -0.3 is 15.4 Å². The Morgan fingerprint density at radius 1 is 1.60 bits per heavy atom. The maximum atomic E-state index is 12.0. The lowest BCUT2D eigenvalue weighted by molar-refractivity contribution is 0.0288. The molecule has 2 N–H and O–H groups in total. The molecule has 1 aliphatic rings. The number of nitrogens with two attached hydrogens (primary N) is 1. The number of likely N-dealkylation sites (tertiary alicyclic amines) is 1. The molecule has 1 unspecified atom stereocenters. The average Bonchev–Trinajstić information content (AvgIpc) is 2.92. The molecule has 1 amide bonds. The van der Waals surface area contributed by atoms with Crippen molar-refractivity contribution in [2.24, 2.45) is 0 Å². The highest BCUT2D eigenvalue weighted by atomic mass is 16.6. The molecular weight excluding hydrogens is 258 g/mol. The summed E-state index contributed by atoms with van der Waals surface area (Å²) in [7, 11) is 0. The van der Waals surface area contributed by atoms with Crippen LogP contribution < -0.4 is 5.73 Å². The van der Waals surface area contributed by atoms with E-state index in [1.807, 2.05) is 26.8 Å². The van der Waals surface area contributed by atoms with Crippen molar-refractivity contribution in [3.63, 3.8) is 0 Å². The van der Waals surface area contributed by atoms with Gasteiger partial charge in [0.2, 0.25) is 0 Å². The minimum atomic E-state index is -0.501. The van der Waals surface area contributed by atoms with Crippen LogP contribution in [0.1, 0.15) is 38.8 Å². The van der Waals surface area contributed by atoms with E-state index in [0.717, 1.165) is 6.42 Å². The fraction of sp³-hybridized carbons (Fsp3) is 0.615. The number of hydrogen-bond donors (Lipinski definition) is 1. The Balaban J connectivity index is 2.02. The molecule has 1 aromatic heterocycles. The molecule has 0 aromatic carbocycles. The van der Waals surface area contributed by atoms with Crippen molar-refractivity contribution in [1.82, 2.24) is 14.7 Å². The Morgan fingerprint density at radius 3 is 2.85 bits per heavy atom. The Morgan fingerprint density at radius 2 is 2.30 bits per heavy atom. The fourth-order valence-electron chi connectivity index (χ4n) is 2.13. The van der Waals surface area contributed by atoms with E-state index in [1.165, 1.54) is 0 Å². The minimum absolute atomic E-state index is 0.0342. The van der Waals surface area contributed by atoms with Crippen molar-refractivity contribution in [3.8, 4) is 6.07 Å². The first kappa shape index (κ1) is 14.2. The Kier molecular flexibility index (Phi) is 3.57. The zero-order chi connectivity index (χ0) is 14.9. The lowest BCUT2D eigenvalue weighted by Crippen LogP contribution is -2.35. The topological polar surface area (TPSA) is 97.2 Å². The van der Waals surface area contributed by atoms with Gasteiger partial charge in [-0.25, -0.2) is 4.79 Å². The van der Waals surface area contributed by atoms with Gasteiger partial charge in [-0.1, -0.05) is 0 Å². The van der Waals surface area contributed by atoms with Crippen LogP contribution in [-0.2, 0) is 4.74 Å². The number of rotatable bonds is 1. The van der Waals surface area contributed by atoms with Crippen LogP contribution in [0.3, 0.4) is 0 Å². The third-order valence-electron chi connectivity index (χ3n) is 3.07. The van der Waals surface area contributed by atoms with E-state index < -0.39 is 5.60 Å². The summed E-state index contributed by atoms with van der Waals surface area (Å²) < 4.78 is 7.00. The van der Waals surface area contributed by atoms with Crippen LogP contribution in [-0.4, -0.2) is 39.5 Å². The second-order valence-electron chi connectivity index (χ2n) is 5.89. The van der Waals surface area contributed by atoms with Crippen molar-refractivity contribution in [2.45, 2.75) is 38.8 Å². The first-order valence-corrected chi connectivity index (χ1v) is 6.53. The van der Waals surface area contributed by atoms with Crippen LogP contribution in [0.25, 0.3) is 0 Å². The molecule has 1 fully saturated rings. The molecule has 2 heterocycles. The predicted octanol–water partition coefficient (Wildman–Crippen LogP) is 1.52. The second-order valence-corrected chi connectivity index (χ2v) is 5.89. The van der Waals surface area contributed by atoms with E-state index in [2.05, 4.69) is 5.10 Å². The van der Waals surface area contributed by atoms with E-state index >= 15 is 0 Å². The molecule has 7 nitrogen and oxygen atoms in total. The van der Waals surface area contributed by atoms with Gasteiger partial charge in [0.1, 0.15) is 17.2 Å². The van der Waals surface area contributed by atoms with Crippen molar-refractivity contribution in [2.75, 3.05) is 18.8 Å². The maximum absolute atomic E-state index is 12.0. The van der Waals surface area contributed by atoms with Gasteiger partial charge in [-0.2, -0.15) is 10.4 Å². The number of carbonyl (C=O) groups excluding carboxylic acids is 1. The standard InChI is InChI=1S/C13H19N5O2/c1-13(2,3)20-12(19)17-5-4-10(8-17)18-7-9(6-14)11(15)16-18/h7,10H,4-5,8H2,1-3H3,(H2,15,16). The number of aromatic nitrogens is 2. The molecule has 108 valence electrons. The number of ether oxygens (including phenoxy) is 1. The zero-order valence-corrected chi connectivity index (χ0v) is 12.0. The number of nitriles is 1. The molecule has 1 saturated heterocycles. The van der Waals surface area contributed by atoms with Gasteiger partial charge in [-0.05, 0) is 27.2 Å². The third-order valence-corrected chi connectivity index (χ3v) is 3.07. The predicted molar refractivity (Wildman–Crippen MR) is 72.8 cm³/mol. The number of nitrogens with zero attached hydrogens (tertiary/aromatic N) is 4. The van der Waals surface area contributed by atoms with Crippen LogP contribution in [0.4, 0.5) is 10.6 Å². The van der Waals surface area contributed by atoms with E-state index in [-0.39, 0.29) is 18.0 Å².